The second kappa shape index (κ2) is 7.23. The fourth-order valence-corrected chi connectivity index (χ4v) is 3.00. The molecule has 1 heterocycles. The first-order valence-corrected chi connectivity index (χ1v) is 8.16. The minimum absolute atomic E-state index is 0.156. The number of hydrogen-bond donors (Lipinski definition) is 1. The van der Waals surface area contributed by atoms with Crippen molar-refractivity contribution in [2.75, 3.05) is 12.4 Å². The van der Waals surface area contributed by atoms with E-state index < -0.39 is 0 Å². The predicted octanol–water partition coefficient (Wildman–Crippen LogP) is 4.14. The number of thiazole rings is 1. The van der Waals surface area contributed by atoms with Crippen molar-refractivity contribution in [3.8, 4) is 16.3 Å². The zero-order valence-corrected chi connectivity index (χ0v) is 13.8. The van der Waals surface area contributed by atoms with Crippen LogP contribution in [-0.4, -0.2) is 18.0 Å². The van der Waals surface area contributed by atoms with Crippen LogP contribution in [0.15, 0.2) is 53.9 Å². The first-order valence-electron chi connectivity index (χ1n) is 7.28. The van der Waals surface area contributed by atoms with Crippen molar-refractivity contribution in [3.63, 3.8) is 0 Å². The van der Waals surface area contributed by atoms with Gasteiger partial charge in [-0.2, -0.15) is 0 Å². The number of nitrogens with one attached hydrogen (secondary N) is 1. The number of aromatic nitrogens is 1. The highest BCUT2D eigenvalue weighted by Gasteiger charge is 2.10. The molecule has 1 amide bonds. The Balaban J connectivity index is 1.64. The molecule has 0 atom stereocenters. The molecule has 1 aromatic heterocycles. The van der Waals surface area contributed by atoms with Gasteiger partial charge in [-0.05, 0) is 36.4 Å². The van der Waals surface area contributed by atoms with E-state index in [9.17, 15) is 9.18 Å². The summed E-state index contributed by atoms with van der Waals surface area (Å²) in [5, 5.41) is 5.32. The molecule has 6 heteroatoms. The summed E-state index contributed by atoms with van der Waals surface area (Å²) in [5.74, 6) is 0.269. The third-order valence-corrected chi connectivity index (χ3v) is 4.28. The Labute approximate surface area is 142 Å². The zero-order valence-electron chi connectivity index (χ0n) is 13.0. The molecule has 0 spiro atoms. The number of anilines is 1. The monoisotopic (exact) mass is 342 g/mol. The largest absolute Gasteiger partial charge is 0.497 e. The predicted molar refractivity (Wildman–Crippen MR) is 92.8 cm³/mol. The molecular weight excluding hydrogens is 327 g/mol. The van der Waals surface area contributed by atoms with Gasteiger partial charge in [0.15, 0.2) is 0 Å². The molecule has 2 aromatic carbocycles. The van der Waals surface area contributed by atoms with Gasteiger partial charge in [0.25, 0.3) is 0 Å². The number of methoxy groups -OCH3 is 1. The van der Waals surface area contributed by atoms with Crippen LogP contribution in [0.4, 0.5) is 10.1 Å². The molecule has 0 bridgehead atoms. The first-order chi connectivity index (χ1) is 11.6. The van der Waals surface area contributed by atoms with E-state index in [1.165, 1.54) is 23.5 Å². The second-order valence-corrected chi connectivity index (χ2v) is 5.97. The number of rotatable bonds is 5. The number of halogens is 1. The maximum absolute atomic E-state index is 13.3. The van der Waals surface area contributed by atoms with Crippen LogP contribution in [0.5, 0.6) is 5.75 Å². The Morgan fingerprint density at radius 1 is 1.25 bits per heavy atom. The van der Waals surface area contributed by atoms with Crippen molar-refractivity contribution in [1.82, 2.24) is 4.98 Å². The SMILES string of the molecule is COc1ccc(NC(=O)Cc2csc(-c3cccc(F)c3)n2)cc1. The second-order valence-electron chi connectivity index (χ2n) is 5.11. The van der Waals surface area contributed by atoms with Crippen LogP contribution in [0.2, 0.25) is 0 Å². The van der Waals surface area contributed by atoms with Crippen molar-refractivity contribution in [2.24, 2.45) is 0 Å². The van der Waals surface area contributed by atoms with Gasteiger partial charge in [0.05, 0.1) is 19.2 Å². The van der Waals surface area contributed by atoms with E-state index in [1.54, 1.807) is 43.5 Å². The van der Waals surface area contributed by atoms with Crippen molar-refractivity contribution in [1.29, 1.82) is 0 Å². The smallest absolute Gasteiger partial charge is 0.230 e. The van der Waals surface area contributed by atoms with Gasteiger partial charge in [0, 0.05) is 16.6 Å². The summed E-state index contributed by atoms with van der Waals surface area (Å²) in [4.78, 5) is 16.5. The number of benzene rings is 2. The van der Waals surface area contributed by atoms with Crippen LogP contribution >= 0.6 is 11.3 Å². The lowest BCUT2D eigenvalue weighted by atomic mass is 10.2. The van der Waals surface area contributed by atoms with Crippen molar-refractivity contribution in [3.05, 3.63) is 65.4 Å². The lowest BCUT2D eigenvalue weighted by molar-refractivity contribution is -0.115. The Morgan fingerprint density at radius 2 is 2.04 bits per heavy atom. The van der Waals surface area contributed by atoms with Gasteiger partial charge in [0.1, 0.15) is 16.6 Å². The van der Waals surface area contributed by atoms with E-state index in [0.717, 1.165) is 5.75 Å². The molecule has 3 aromatic rings. The van der Waals surface area contributed by atoms with Gasteiger partial charge in [-0.3, -0.25) is 4.79 Å². The standard InChI is InChI=1S/C18H15FN2O2S/c1-23-16-7-5-14(6-8-16)20-17(22)10-15-11-24-18(21-15)12-3-2-4-13(19)9-12/h2-9,11H,10H2,1H3,(H,20,22). The molecule has 0 aliphatic rings. The molecule has 4 nitrogen and oxygen atoms in total. The summed E-state index contributed by atoms with van der Waals surface area (Å²) in [6.45, 7) is 0. The van der Waals surface area contributed by atoms with E-state index in [0.29, 0.717) is 22.0 Å². The Hall–Kier alpha value is -2.73. The van der Waals surface area contributed by atoms with Crippen LogP contribution in [0.1, 0.15) is 5.69 Å². The van der Waals surface area contributed by atoms with Gasteiger partial charge in [-0.25, -0.2) is 9.37 Å². The van der Waals surface area contributed by atoms with Gasteiger partial charge in [0.2, 0.25) is 5.91 Å². The van der Waals surface area contributed by atoms with Crippen LogP contribution in [0, 0.1) is 5.82 Å². The molecule has 0 saturated heterocycles. The highest BCUT2D eigenvalue weighted by Crippen LogP contribution is 2.24. The molecule has 3 rings (SSSR count). The van der Waals surface area contributed by atoms with Crippen LogP contribution < -0.4 is 10.1 Å². The summed E-state index contributed by atoms with van der Waals surface area (Å²) in [5.41, 5.74) is 2.06. The third-order valence-electron chi connectivity index (χ3n) is 3.34. The molecule has 122 valence electrons. The van der Waals surface area contributed by atoms with E-state index in [1.807, 2.05) is 5.38 Å². The number of carbonyl (C=O) groups excluding carboxylic acids is 1. The minimum Gasteiger partial charge on any atom is -0.497 e. The van der Waals surface area contributed by atoms with E-state index in [-0.39, 0.29) is 18.1 Å². The first kappa shape index (κ1) is 16.1. The summed E-state index contributed by atoms with van der Waals surface area (Å²) >= 11 is 1.39. The third kappa shape index (κ3) is 3.97. The zero-order chi connectivity index (χ0) is 16.9. The number of nitrogens with zero attached hydrogens (tertiary/aromatic N) is 1. The van der Waals surface area contributed by atoms with Crippen LogP contribution in [0.25, 0.3) is 10.6 Å². The van der Waals surface area contributed by atoms with E-state index >= 15 is 0 Å². The lowest BCUT2D eigenvalue weighted by Gasteiger charge is -2.05. The van der Waals surface area contributed by atoms with E-state index in [2.05, 4.69) is 10.3 Å². The van der Waals surface area contributed by atoms with Crippen LogP contribution in [-0.2, 0) is 11.2 Å². The Kier molecular flexibility index (Phi) is 4.86. The quantitative estimate of drug-likeness (QED) is 0.758. The summed E-state index contributed by atoms with van der Waals surface area (Å²) in [7, 11) is 1.59. The summed E-state index contributed by atoms with van der Waals surface area (Å²) in [6.07, 6.45) is 0.165. The molecular formula is C18H15FN2O2S. The maximum atomic E-state index is 13.3. The summed E-state index contributed by atoms with van der Waals surface area (Å²) < 4.78 is 18.3. The molecule has 0 radical (unpaired) electrons. The average Bonchev–Trinajstić information content (AvgIpc) is 3.04. The lowest BCUT2D eigenvalue weighted by Crippen LogP contribution is -2.14. The highest BCUT2D eigenvalue weighted by atomic mass is 32.1. The van der Waals surface area contributed by atoms with Crippen molar-refractivity contribution >= 4 is 22.9 Å². The number of carbonyl (C=O) groups is 1. The van der Waals surface area contributed by atoms with Crippen LogP contribution in [0.3, 0.4) is 0 Å². The minimum atomic E-state index is -0.304. The molecule has 1 N–H and O–H groups in total. The van der Waals surface area contributed by atoms with E-state index in [4.69, 9.17) is 4.74 Å². The molecule has 0 unspecified atom stereocenters. The Morgan fingerprint density at radius 3 is 2.75 bits per heavy atom. The number of ether oxygens (including phenoxy) is 1. The molecule has 0 fully saturated rings. The van der Waals surface area contributed by atoms with Crippen molar-refractivity contribution < 1.29 is 13.9 Å². The fourth-order valence-electron chi connectivity index (χ4n) is 2.19. The number of hydrogen-bond acceptors (Lipinski definition) is 4. The highest BCUT2D eigenvalue weighted by molar-refractivity contribution is 7.13. The summed E-state index contributed by atoms with van der Waals surface area (Å²) in [6, 6.07) is 13.4. The average molecular weight is 342 g/mol. The number of amides is 1. The van der Waals surface area contributed by atoms with Gasteiger partial charge in [-0.1, -0.05) is 12.1 Å². The van der Waals surface area contributed by atoms with Gasteiger partial charge < -0.3 is 10.1 Å². The van der Waals surface area contributed by atoms with Gasteiger partial charge in [-0.15, -0.1) is 11.3 Å². The van der Waals surface area contributed by atoms with Crippen molar-refractivity contribution in [2.45, 2.75) is 6.42 Å². The molecule has 24 heavy (non-hydrogen) atoms. The molecule has 0 aliphatic heterocycles. The normalized spacial score (nSPS) is 10.4. The molecule has 0 aliphatic carbocycles. The molecule has 0 saturated carbocycles. The maximum Gasteiger partial charge on any atom is 0.230 e. The Bertz CT molecular complexity index is 846. The fraction of sp³-hybridized carbons (Fsp3) is 0.111. The topological polar surface area (TPSA) is 51.2 Å². The van der Waals surface area contributed by atoms with Gasteiger partial charge >= 0.3 is 0 Å².